The Bertz CT molecular complexity index is 1590. The molecule has 14 heteroatoms. The van der Waals surface area contributed by atoms with E-state index in [0.29, 0.717) is 15.7 Å². The number of benzene rings is 2. The average molecular weight is 714 g/mol. The third-order valence-electron chi connectivity index (χ3n) is 7.68. The number of unbranched alkanes of at least 4 members (excludes halogenated alkanes) is 1. The van der Waals surface area contributed by atoms with Crippen molar-refractivity contribution in [2.75, 3.05) is 24.5 Å². The van der Waals surface area contributed by atoms with Crippen molar-refractivity contribution >= 4 is 116 Å². The molecule has 1 unspecified atom stereocenters. The number of thioether (sulfide) groups is 2. The lowest BCUT2D eigenvalue weighted by molar-refractivity contribution is -0.140. The fraction of sp³-hybridized carbons (Fsp3) is 0.312. The molecule has 0 aliphatic carbocycles. The number of thiocarbonyl (C=S) groups is 2. The first-order valence-corrected chi connectivity index (χ1v) is 17.9. The molecule has 46 heavy (non-hydrogen) atoms. The number of carboxylic acid groups (broad SMARTS) is 2. The molecule has 2 aromatic rings. The quantitative estimate of drug-likeness (QED) is 0.173. The van der Waals surface area contributed by atoms with Crippen LogP contribution < -0.4 is 4.90 Å². The lowest BCUT2D eigenvalue weighted by Gasteiger charge is -2.35. The van der Waals surface area contributed by atoms with Gasteiger partial charge in [0, 0.05) is 16.3 Å². The third-order valence-corrected chi connectivity index (χ3v) is 11.5. The topological polar surface area (TPSA) is 118 Å². The predicted molar refractivity (Wildman–Crippen MR) is 192 cm³/mol. The molecule has 240 valence electrons. The summed E-state index contributed by atoms with van der Waals surface area (Å²) in [4.78, 5) is 55.5. The first-order valence-electron chi connectivity index (χ1n) is 14.7. The molecule has 2 N–H and O–H groups in total. The van der Waals surface area contributed by atoms with Crippen LogP contribution in [0.2, 0.25) is 0 Å². The Morgan fingerprint density at radius 3 is 1.67 bits per heavy atom. The summed E-state index contributed by atoms with van der Waals surface area (Å²) in [5.74, 6) is -2.62. The SMILES string of the molecule is CCCCC(CC)CN1c2ccc(/C=C3\SC(=S)N(CC(=O)O)C3=O)cc2Sc2cc(/C=C3/SC(=S)N(CC(=O)O)C3=O)ccc21. The summed E-state index contributed by atoms with van der Waals surface area (Å²) in [5.41, 5.74) is 3.71. The first kappa shape index (κ1) is 34.2. The van der Waals surface area contributed by atoms with E-state index in [1.165, 1.54) is 0 Å². The van der Waals surface area contributed by atoms with E-state index < -0.39 is 36.8 Å². The molecule has 2 aromatic carbocycles. The number of rotatable bonds is 12. The number of carbonyl (C=O) groups excluding carboxylic acids is 2. The van der Waals surface area contributed by atoms with E-state index >= 15 is 0 Å². The van der Waals surface area contributed by atoms with Crippen molar-refractivity contribution in [3.8, 4) is 0 Å². The van der Waals surface area contributed by atoms with Crippen molar-refractivity contribution in [3.63, 3.8) is 0 Å². The average Bonchev–Trinajstić information content (AvgIpc) is 3.41. The smallest absolute Gasteiger partial charge is 0.323 e. The maximum absolute atomic E-state index is 12.9. The van der Waals surface area contributed by atoms with Crippen LogP contribution in [-0.4, -0.2) is 72.0 Å². The van der Waals surface area contributed by atoms with Gasteiger partial charge in [0.25, 0.3) is 11.8 Å². The Labute approximate surface area is 290 Å². The monoisotopic (exact) mass is 713 g/mol. The minimum Gasteiger partial charge on any atom is -0.480 e. The Morgan fingerprint density at radius 1 is 0.783 bits per heavy atom. The third kappa shape index (κ3) is 7.52. The summed E-state index contributed by atoms with van der Waals surface area (Å²) < 4.78 is 0.437. The molecular weight excluding hydrogens is 683 g/mol. The van der Waals surface area contributed by atoms with Crippen molar-refractivity contribution in [1.29, 1.82) is 0 Å². The van der Waals surface area contributed by atoms with Crippen molar-refractivity contribution in [1.82, 2.24) is 9.80 Å². The van der Waals surface area contributed by atoms with Crippen LogP contribution in [0.3, 0.4) is 0 Å². The summed E-state index contributed by atoms with van der Waals surface area (Å²) in [5, 5.41) is 18.4. The van der Waals surface area contributed by atoms with Crippen LogP contribution in [0, 0.1) is 5.92 Å². The van der Waals surface area contributed by atoms with Crippen LogP contribution >= 0.6 is 59.7 Å². The molecule has 0 bridgehead atoms. The van der Waals surface area contributed by atoms with E-state index in [2.05, 4.69) is 30.9 Å². The molecule has 1 atom stereocenters. The lowest BCUT2D eigenvalue weighted by atomic mass is 9.97. The second-order valence-corrected chi connectivity index (χ2v) is 15.3. The second-order valence-electron chi connectivity index (χ2n) is 10.9. The molecule has 2 fully saturated rings. The van der Waals surface area contributed by atoms with Crippen molar-refractivity contribution in [2.24, 2.45) is 5.92 Å². The van der Waals surface area contributed by atoms with Crippen LogP contribution in [0.25, 0.3) is 12.2 Å². The zero-order valence-corrected chi connectivity index (χ0v) is 29.1. The molecule has 3 aliphatic rings. The molecule has 9 nitrogen and oxygen atoms in total. The Balaban J connectivity index is 1.49. The van der Waals surface area contributed by atoms with E-state index in [1.807, 2.05) is 24.3 Å². The van der Waals surface area contributed by atoms with Crippen LogP contribution in [-0.2, 0) is 19.2 Å². The highest BCUT2D eigenvalue weighted by molar-refractivity contribution is 8.27. The maximum Gasteiger partial charge on any atom is 0.323 e. The molecule has 0 spiro atoms. The van der Waals surface area contributed by atoms with E-state index in [4.69, 9.17) is 24.4 Å². The zero-order chi connectivity index (χ0) is 33.1. The molecule has 2 saturated heterocycles. The fourth-order valence-corrected chi connectivity index (χ4v) is 9.02. The number of hydrogen-bond acceptors (Lipinski definition) is 10. The van der Waals surface area contributed by atoms with Gasteiger partial charge < -0.3 is 15.1 Å². The zero-order valence-electron chi connectivity index (χ0n) is 25.1. The van der Waals surface area contributed by atoms with Gasteiger partial charge in [0.15, 0.2) is 0 Å². The van der Waals surface area contributed by atoms with Gasteiger partial charge in [-0.1, -0.05) is 105 Å². The Morgan fingerprint density at radius 2 is 1.26 bits per heavy atom. The molecule has 0 aromatic heterocycles. The van der Waals surface area contributed by atoms with Gasteiger partial charge >= 0.3 is 11.9 Å². The van der Waals surface area contributed by atoms with Gasteiger partial charge in [0.2, 0.25) is 0 Å². The standard InChI is InChI=1S/C32H31N3O6S5/c1-3-5-6-18(4-2)15-33-21-9-7-19(13-25-29(40)34(16-27(36)37)31(42)45-25)11-23(21)44-24-12-20(8-10-22(24)33)14-26-30(41)35(17-28(38)39)32(43)46-26/h7-14,18H,3-6,15-17H2,1-2H3,(H,36,37)(H,38,39)/b25-13-,26-14+. The molecule has 3 heterocycles. The summed E-state index contributed by atoms with van der Waals surface area (Å²) in [7, 11) is 0. The summed E-state index contributed by atoms with van der Waals surface area (Å²) in [6, 6.07) is 12.1. The predicted octanol–water partition coefficient (Wildman–Crippen LogP) is 7.08. The summed E-state index contributed by atoms with van der Waals surface area (Å²) >= 11 is 14.3. The van der Waals surface area contributed by atoms with E-state index in [1.54, 1.807) is 23.9 Å². The van der Waals surface area contributed by atoms with Crippen molar-refractivity contribution in [2.45, 2.75) is 49.3 Å². The maximum atomic E-state index is 12.9. The van der Waals surface area contributed by atoms with Crippen LogP contribution in [0.15, 0.2) is 56.0 Å². The van der Waals surface area contributed by atoms with Crippen molar-refractivity contribution in [3.05, 3.63) is 57.3 Å². The van der Waals surface area contributed by atoms with Crippen molar-refractivity contribution < 1.29 is 29.4 Å². The van der Waals surface area contributed by atoms with Gasteiger partial charge in [-0.15, -0.1) is 0 Å². The van der Waals surface area contributed by atoms with Crippen LogP contribution in [0.4, 0.5) is 11.4 Å². The number of aliphatic carboxylic acids is 2. The lowest BCUT2D eigenvalue weighted by Crippen LogP contribution is -2.33. The number of hydrogen-bond donors (Lipinski definition) is 2. The number of carbonyl (C=O) groups is 4. The van der Waals surface area contributed by atoms with Gasteiger partial charge in [-0.2, -0.15) is 0 Å². The molecule has 0 saturated carbocycles. The van der Waals surface area contributed by atoms with Crippen LogP contribution in [0.5, 0.6) is 0 Å². The Kier molecular flexibility index (Phi) is 10.9. The number of amides is 2. The summed E-state index contributed by atoms with van der Waals surface area (Å²) in [6.07, 6.45) is 7.93. The number of fused-ring (bicyclic) bond motifs is 2. The van der Waals surface area contributed by atoms with E-state index in [0.717, 1.165) is 97.8 Å². The largest absolute Gasteiger partial charge is 0.480 e. The van der Waals surface area contributed by atoms with Gasteiger partial charge in [-0.3, -0.25) is 29.0 Å². The van der Waals surface area contributed by atoms with Gasteiger partial charge in [0.05, 0.1) is 21.2 Å². The minimum absolute atomic E-state index is 0.219. The minimum atomic E-state index is -1.13. The normalized spacial score (nSPS) is 18.5. The molecule has 0 radical (unpaired) electrons. The fourth-order valence-electron chi connectivity index (χ4n) is 5.32. The summed E-state index contributed by atoms with van der Waals surface area (Å²) in [6.45, 7) is 4.29. The van der Waals surface area contributed by atoms with E-state index in [-0.39, 0.29) is 8.64 Å². The van der Waals surface area contributed by atoms with Gasteiger partial charge in [0.1, 0.15) is 21.7 Å². The van der Waals surface area contributed by atoms with Gasteiger partial charge in [-0.05, 0) is 59.9 Å². The highest BCUT2D eigenvalue weighted by atomic mass is 32.2. The second kappa shape index (κ2) is 14.7. The number of nitrogens with zero attached hydrogens (tertiary/aromatic N) is 3. The van der Waals surface area contributed by atoms with Gasteiger partial charge in [-0.25, -0.2) is 0 Å². The number of anilines is 2. The van der Waals surface area contributed by atoms with Crippen LogP contribution in [0.1, 0.15) is 50.7 Å². The highest BCUT2D eigenvalue weighted by Gasteiger charge is 2.35. The van der Waals surface area contributed by atoms with E-state index in [9.17, 15) is 29.4 Å². The molecular formula is C32H31N3O6S5. The highest BCUT2D eigenvalue weighted by Crippen LogP contribution is 2.50. The Hall–Kier alpha value is -3.17. The first-order chi connectivity index (χ1) is 22.0. The molecule has 2 amide bonds. The molecule has 3 aliphatic heterocycles. The number of carboxylic acids is 2. The molecule has 5 rings (SSSR count).